The lowest BCUT2D eigenvalue weighted by Crippen LogP contribution is -2.09. The molecule has 0 radical (unpaired) electrons. The van der Waals surface area contributed by atoms with Gasteiger partial charge in [-0.2, -0.15) is 5.26 Å². The number of hydrogen-bond donors (Lipinski definition) is 2. The van der Waals surface area contributed by atoms with Crippen molar-refractivity contribution in [3.63, 3.8) is 0 Å². The molecule has 0 unspecified atom stereocenters. The molecule has 0 saturated carbocycles. The molecule has 0 aliphatic heterocycles. The third-order valence-electron chi connectivity index (χ3n) is 2.41. The molecule has 0 amide bonds. The maximum absolute atomic E-state index is 8.49. The molecule has 1 heterocycles. The van der Waals surface area contributed by atoms with Gasteiger partial charge < -0.3 is 10.6 Å². The first-order valence-corrected chi connectivity index (χ1v) is 6.32. The SMILES string of the molecule is Cc1nc(NCCC#N)cc(NCCC(C)C)n1. The molecule has 98 valence electrons. The highest BCUT2D eigenvalue weighted by Gasteiger charge is 2.01. The number of anilines is 2. The van der Waals surface area contributed by atoms with Crippen LogP contribution in [0.25, 0.3) is 0 Å². The molecule has 2 N–H and O–H groups in total. The van der Waals surface area contributed by atoms with Crippen LogP contribution in [-0.2, 0) is 0 Å². The summed E-state index contributed by atoms with van der Waals surface area (Å²) in [5, 5.41) is 14.9. The molecule has 0 aliphatic carbocycles. The number of nitrogens with zero attached hydrogens (tertiary/aromatic N) is 3. The normalized spacial score (nSPS) is 10.2. The van der Waals surface area contributed by atoms with Gasteiger partial charge in [-0.25, -0.2) is 9.97 Å². The van der Waals surface area contributed by atoms with Crippen molar-refractivity contribution in [1.82, 2.24) is 9.97 Å². The van der Waals surface area contributed by atoms with Gasteiger partial charge in [-0.15, -0.1) is 0 Å². The van der Waals surface area contributed by atoms with Crippen LogP contribution in [0.1, 0.15) is 32.5 Å². The van der Waals surface area contributed by atoms with Crippen LogP contribution in [0.3, 0.4) is 0 Å². The maximum atomic E-state index is 8.49. The molecule has 0 saturated heterocycles. The minimum Gasteiger partial charge on any atom is -0.370 e. The van der Waals surface area contributed by atoms with Gasteiger partial charge in [0.15, 0.2) is 0 Å². The van der Waals surface area contributed by atoms with E-state index in [1.54, 1.807) is 0 Å². The quantitative estimate of drug-likeness (QED) is 0.724. The molecular weight excluding hydrogens is 226 g/mol. The first-order valence-electron chi connectivity index (χ1n) is 6.32. The standard InChI is InChI=1S/C13H21N5/c1-10(2)5-8-16-13-9-12(15-7-4-6-14)17-11(3)18-13/h9-10H,4-5,7-8H2,1-3H3,(H2,15,16,17,18). The van der Waals surface area contributed by atoms with Crippen LogP contribution in [0.4, 0.5) is 11.6 Å². The van der Waals surface area contributed by atoms with E-state index in [4.69, 9.17) is 5.26 Å². The molecule has 5 heteroatoms. The largest absolute Gasteiger partial charge is 0.370 e. The molecule has 18 heavy (non-hydrogen) atoms. The Balaban J connectivity index is 2.54. The average molecular weight is 247 g/mol. The summed E-state index contributed by atoms with van der Waals surface area (Å²) in [7, 11) is 0. The van der Waals surface area contributed by atoms with Gasteiger partial charge in [-0.05, 0) is 19.3 Å². The zero-order valence-corrected chi connectivity index (χ0v) is 11.3. The van der Waals surface area contributed by atoms with Crippen molar-refractivity contribution in [1.29, 1.82) is 5.26 Å². The summed E-state index contributed by atoms with van der Waals surface area (Å²) in [4.78, 5) is 8.61. The van der Waals surface area contributed by atoms with Crippen molar-refractivity contribution < 1.29 is 0 Å². The van der Waals surface area contributed by atoms with Crippen molar-refractivity contribution in [3.05, 3.63) is 11.9 Å². The molecule has 0 aromatic carbocycles. The van der Waals surface area contributed by atoms with Crippen molar-refractivity contribution in [2.75, 3.05) is 23.7 Å². The lowest BCUT2D eigenvalue weighted by molar-refractivity contribution is 0.606. The molecule has 0 bridgehead atoms. The first-order chi connectivity index (χ1) is 8.61. The summed E-state index contributed by atoms with van der Waals surface area (Å²) >= 11 is 0. The Labute approximate surface area is 109 Å². The first kappa shape index (κ1) is 14.2. The van der Waals surface area contributed by atoms with E-state index >= 15 is 0 Å². The van der Waals surface area contributed by atoms with Crippen molar-refractivity contribution in [3.8, 4) is 6.07 Å². The fourth-order valence-electron chi connectivity index (χ4n) is 1.48. The Morgan fingerprint density at radius 3 is 2.39 bits per heavy atom. The van der Waals surface area contributed by atoms with Gasteiger partial charge in [0.05, 0.1) is 12.5 Å². The van der Waals surface area contributed by atoms with Crippen LogP contribution in [0.15, 0.2) is 6.07 Å². The topological polar surface area (TPSA) is 73.6 Å². The minimum atomic E-state index is 0.471. The van der Waals surface area contributed by atoms with E-state index in [0.717, 1.165) is 30.4 Å². The van der Waals surface area contributed by atoms with Gasteiger partial charge in [0.25, 0.3) is 0 Å². The molecule has 0 fully saturated rings. The van der Waals surface area contributed by atoms with E-state index in [1.807, 2.05) is 13.0 Å². The number of hydrogen-bond acceptors (Lipinski definition) is 5. The highest BCUT2D eigenvalue weighted by molar-refractivity contribution is 5.47. The van der Waals surface area contributed by atoms with Gasteiger partial charge >= 0.3 is 0 Å². The Bertz CT molecular complexity index is 408. The smallest absolute Gasteiger partial charge is 0.131 e. The number of aromatic nitrogens is 2. The summed E-state index contributed by atoms with van der Waals surface area (Å²) < 4.78 is 0. The lowest BCUT2D eigenvalue weighted by Gasteiger charge is -2.10. The molecule has 1 rings (SSSR count). The minimum absolute atomic E-state index is 0.471. The Kier molecular flexibility index (Phi) is 5.92. The molecule has 1 aromatic heterocycles. The molecule has 0 atom stereocenters. The van der Waals surface area contributed by atoms with Gasteiger partial charge in [-0.3, -0.25) is 0 Å². The van der Waals surface area contributed by atoms with Gasteiger partial charge in [0, 0.05) is 19.2 Å². The number of nitriles is 1. The van der Waals surface area contributed by atoms with Gasteiger partial charge in [-0.1, -0.05) is 13.8 Å². The summed E-state index contributed by atoms with van der Waals surface area (Å²) in [5.74, 6) is 3.00. The third kappa shape index (κ3) is 5.48. The molecule has 0 aliphatic rings. The Hall–Kier alpha value is -1.83. The fourth-order valence-corrected chi connectivity index (χ4v) is 1.48. The fraction of sp³-hybridized carbons (Fsp3) is 0.615. The van der Waals surface area contributed by atoms with Crippen LogP contribution in [0.2, 0.25) is 0 Å². The van der Waals surface area contributed by atoms with E-state index < -0.39 is 0 Å². The number of rotatable bonds is 7. The molecular formula is C13H21N5. The summed E-state index contributed by atoms with van der Waals surface area (Å²) in [6.45, 7) is 7.77. The highest BCUT2D eigenvalue weighted by atomic mass is 15.1. The van der Waals surface area contributed by atoms with Crippen molar-refractivity contribution >= 4 is 11.6 Å². The van der Waals surface area contributed by atoms with Gasteiger partial charge in [0.1, 0.15) is 17.5 Å². The summed E-state index contributed by atoms with van der Waals surface area (Å²) in [5.41, 5.74) is 0. The van der Waals surface area contributed by atoms with E-state index in [2.05, 4.69) is 40.5 Å². The Morgan fingerprint density at radius 2 is 1.83 bits per heavy atom. The van der Waals surface area contributed by atoms with Crippen LogP contribution in [0, 0.1) is 24.2 Å². The van der Waals surface area contributed by atoms with Gasteiger partial charge in [0.2, 0.25) is 0 Å². The van der Waals surface area contributed by atoms with Crippen LogP contribution in [-0.4, -0.2) is 23.1 Å². The van der Waals surface area contributed by atoms with E-state index in [1.165, 1.54) is 0 Å². The lowest BCUT2D eigenvalue weighted by atomic mass is 10.1. The zero-order valence-electron chi connectivity index (χ0n) is 11.3. The number of aryl methyl sites for hydroxylation is 1. The van der Waals surface area contributed by atoms with Crippen molar-refractivity contribution in [2.24, 2.45) is 5.92 Å². The second kappa shape index (κ2) is 7.49. The monoisotopic (exact) mass is 247 g/mol. The maximum Gasteiger partial charge on any atom is 0.131 e. The van der Waals surface area contributed by atoms with E-state index in [9.17, 15) is 0 Å². The molecule has 5 nitrogen and oxygen atoms in total. The highest BCUT2D eigenvalue weighted by Crippen LogP contribution is 2.11. The second-order valence-corrected chi connectivity index (χ2v) is 4.63. The second-order valence-electron chi connectivity index (χ2n) is 4.63. The third-order valence-corrected chi connectivity index (χ3v) is 2.41. The predicted octanol–water partition coefficient (Wildman–Crippen LogP) is 2.57. The van der Waals surface area contributed by atoms with Crippen LogP contribution < -0.4 is 10.6 Å². The number of nitrogens with one attached hydrogen (secondary N) is 2. The van der Waals surface area contributed by atoms with E-state index in [-0.39, 0.29) is 0 Å². The van der Waals surface area contributed by atoms with Crippen LogP contribution in [0.5, 0.6) is 0 Å². The van der Waals surface area contributed by atoms with Crippen molar-refractivity contribution in [2.45, 2.75) is 33.6 Å². The molecule has 1 aromatic rings. The van der Waals surface area contributed by atoms with Crippen LogP contribution >= 0.6 is 0 Å². The van der Waals surface area contributed by atoms with E-state index in [0.29, 0.717) is 18.9 Å². The zero-order chi connectivity index (χ0) is 13.4. The summed E-state index contributed by atoms with van der Waals surface area (Å²) in [6.07, 6.45) is 1.58. The average Bonchev–Trinajstić information content (AvgIpc) is 2.28. The summed E-state index contributed by atoms with van der Waals surface area (Å²) in [6, 6.07) is 3.97. The Morgan fingerprint density at radius 1 is 1.22 bits per heavy atom. The predicted molar refractivity (Wildman–Crippen MR) is 73.4 cm³/mol. The molecule has 0 spiro atoms.